The van der Waals surface area contributed by atoms with E-state index >= 15 is 0 Å². The lowest BCUT2D eigenvalue weighted by atomic mass is 10.1. The quantitative estimate of drug-likeness (QED) is 0.333. The van der Waals surface area contributed by atoms with Gasteiger partial charge in [0.15, 0.2) is 10.3 Å². The molecule has 0 aliphatic rings. The molecule has 1 aromatic carbocycles. The molecule has 0 aliphatic heterocycles. The Morgan fingerprint density at radius 1 is 1.19 bits per heavy atom. The third-order valence-corrected chi connectivity index (χ3v) is 6.17. The first kappa shape index (κ1) is 23.7. The van der Waals surface area contributed by atoms with Gasteiger partial charge in [0.05, 0.1) is 31.6 Å². The number of methoxy groups -OCH3 is 1. The van der Waals surface area contributed by atoms with E-state index in [1.54, 1.807) is 19.4 Å². The van der Waals surface area contributed by atoms with Crippen LogP contribution in [0.4, 0.5) is 5.13 Å². The molecule has 170 valence electrons. The number of nitrogens with one attached hydrogen (secondary N) is 1. The van der Waals surface area contributed by atoms with Gasteiger partial charge in [0, 0.05) is 18.3 Å². The molecule has 0 radical (unpaired) electrons. The van der Waals surface area contributed by atoms with Crippen LogP contribution in [0.3, 0.4) is 0 Å². The minimum absolute atomic E-state index is 0.0888. The summed E-state index contributed by atoms with van der Waals surface area (Å²) in [5.74, 6) is 1.28. The van der Waals surface area contributed by atoms with Crippen LogP contribution in [0, 0.1) is 0 Å². The zero-order valence-electron chi connectivity index (χ0n) is 18.2. The maximum absolute atomic E-state index is 12.4. The summed E-state index contributed by atoms with van der Waals surface area (Å²) in [4.78, 5) is 28.2. The average molecular weight is 476 g/mol. The number of rotatable bonds is 11. The van der Waals surface area contributed by atoms with E-state index in [1.807, 2.05) is 35.8 Å². The van der Waals surface area contributed by atoms with Gasteiger partial charge in [-0.25, -0.2) is 4.98 Å². The number of thioether (sulfide) groups is 1. The number of hydrogen-bond acceptors (Lipinski definition) is 9. The van der Waals surface area contributed by atoms with Crippen molar-refractivity contribution in [3.63, 3.8) is 0 Å². The van der Waals surface area contributed by atoms with Crippen LogP contribution in [-0.2, 0) is 33.7 Å². The van der Waals surface area contributed by atoms with Gasteiger partial charge in [-0.1, -0.05) is 23.9 Å². The van der Waals surface area contributed by atoms with Gasteiger partial charge in [-0.2, -0.15) is 0 Å². The van der Waals surface area contributed by atoms with E-state index in [0.29, 0.717) is 35.6 Å². The maximum Gasteiger partial charge on any atom is 0.311 e. The number of esters is 1. The lowest BCUT2D eigenvalue weighted by Crippen LogP contribution is -2.15. The first-order valence-electron chi connectivity index (χ1n) is 10.1. The Balaban J connectivity index is 1.54. The summed E-state index contributed by atoms with van der Waals surface area (Å²) in [6.45, 7) is 4.80. The number of thiazole rings is 1. The Labute approximate surface area is 194 Å². The molecule has 3 aromatic rings. The Kier molecular flexibility index (Phi) is 8.63. The van der Waals surface area contributed by atoms with E-state index in [1.165, 1.54) is 23.1 Å². The number of carbonyl (C=O) groups is 2. The first-order valence-corrected chi connectivity index (χ1v) is 12.0. The van der Waals surface area contributed by atoms with Crippen molar-refractivity contribution in [3.05, 3.63) is 46.7 Å². The fourth-order valence-corrected chi connectivity index (χ4v) is 4.44. The standard InChI is InChI=1S/C21H25N5O4S2/c1-4-26-17(10-14-6-8-16(29-3)9-7-14)24-25-21(26)32-13-18(27)23-20-22-15(12-31-20)11-19(28)30-5-2/h6-9,12H,4-5,10-11,13H2,1-3H3,(H,22,23,27). The maximum atomic E-state index is 12.4. The third-order valence-electron chi connectivity index (χ3n) is 4.39. The lowest BCUT2D eigenvalue weighted by Gasteiger charge is -2.08. The molecule has 2 aromatic heterocycles. The average Bonchev–Trinajstić information content (AvgIpc) is 3.39. The van der Waals surface area contributed by atoms with Crippen molar-refractivity contribution in [2.24, 2.45) is 0 Å². The van der Waals surface area contributed by atoms with Gasteiger partial charge in [-0.15, -0.1) is 21.5 Å². The first-order chi connectivity index (χ1) is 15.5. The molecule has 3 rings (SSSR count). The van der Waals surface area contributed by atoms with Crippen LogP contribution in [-0.4, -0.2) is 51.1 Å². The van der Waals surface area contributed by atoms with Crippen molar-refractivity contribution >= 4 is 40.1 Å². The van der Waals surface area contributed by atoms with Gasteiger partial charge in [0.25, 0.3) is 0 Å². The summed E-state index contributed by atoms with van der Waals surface area (Å²) in [6, 6.07) is 7.83. The van der Waals surface area contributed by atoms with Crippen LogP contribution < -0.4 is 10.1 Å². The van der Waals surface area contributed by atoms with E-state index in [4.69, 9.17) is 9.47 Å². The van der Waals surface area contributed by atoms with Gasteiger partial charge < -0.3 is 19.4 Å². The van der Waals surface area contributed by atoms with E-state index in [9.17, 15) is 9.59 Å². The van der Waals surface area contributed by atoms with E-state index in [-0.39, 0.29) is 24.1 Å². The molecule has 0 saturated carbocycles. The predicted octanol–water partition coefficient (Wildman–Crippen LogP) is 3.19. The van der Waals surface area contributed by atoms with Crippen LogP contribution in [0.15, 0.2) is 34.8 Å². The molecule has 11 heteroatoms. The number of hydrogen-bond donors (Lipinski definition) is 1. The molecule has 9 nitrogen and oxygen atoms in total. The molecule has 32 heavy (non-hydrogen) atoms. The molecular formula is C21H25N5O4S2. The Hall–Kier alpha value is -2.92. The number of benzene rings is 1. The van der Waals surface area contributed by atoms with Crippen LogP contribution in [0.5, 0.6) is 5.75 Å². The number of anilines is 1. The number of carbonyl (C=O) groups excluding carboxylic acids is 2. The van der Waals surface area contributed by atoms with Gasteiger partial charge >= 0.3 is 5.97 Å². The molecule has 0 unspecified atom stereocenters. The van der Waals surface area contributed by atoms with Gasteiger partial charge in [0.2, 0.25) is 5.91 Å². The summed E-state index contributed by atoms with van der Waals surface area (Å²) in [7, 11) is 1.64. The van der Waals surface area contributed by atoms with Crippen molar-refractivity contribution in [2.75, 3.05) is 24.8 Å². The number of nitrogens with zero attached hydrogens (tertiary/aromatic N) is 4. The number of ether oxygens (including phenoxy) is 2. The predicted molar refractivity (Wildman–Crippen MR) is 123 cm³/mol. The fourth-order valence-electron chi connectivity index (χ4n) is 2.89. The van der Waals surface area contributed by atoms with E-state index in [0.717, 1.165) is 17.1 Å². The highest BCUT2D eigenvalue weighted by molar-refractivity contribution is 7.99. The van der Waals surface area contributed by atoms with Crippen LogP contribution in [0.2, 0.25) is 0 Å². The molecule has 0 spiro atoms. The summed E-state index contributed by atoms with van der Waals surface area (Å²) >= 11 is 2.59. The van der Waals surface area contributed by atoms with E-state index < -0.39 is 0 Å². The smallest absolute Gasteiger partial charge is 0.311 e. The monoisotopic (exact) mass is 475 g/mol. The van der Waals surface area contributed by atoms with Crippen molar-refractivity contribution in [3.8, 4) is 5.75 Å². The molecule has 0 bridgehead atoms. The van der Waals surface area contributed by atoms with Crippen LogP contribution >= 0.6 is 23.1 Å². The number of amides is 1. The second kappa shape index (κ2) is 11.6. The molecular weight excluding hydrogens is 450 g/mol. The van der Waals surface area contributed by atoms with Crippen LogP contribution in [0.25, 0.3) is 0 Å². The van der Waals surface area contributed by atoms with Gasteiger partial charge in [-0.05, 0) is 31.5 Å². The summed E-state index contributed by atoms with van der Waals surface area (Å²) < 4.78 is 12.1. The minimum atomic E-state index is -0.337. The van der Waals surface area contributed by atoms with Gasteiger partial charge in [0.1, 0.15) is 11.6 Å². The summed E-state index contributed by atoms with van der Waals surface area (Å²) in [5, 5.41) is 14.2. The van der Waals surface area contributed by atoms with Gasteiger partial charge in [-0.3, -0.25) is 9.59 Å². The minimum Gasteiger partial charge on any atom is -0.497 e. The highest BCUT2D eigenvalue weighted by Crippen LogP contribution is 2.21. The third kappa shape index (κ3) is 6.54. The molecule has 0 saturated heterocycles. The highest BCUT2D eigenvalue weighted by atomic mass is 32.2. The molecule has 0 atom stereocenters. The largest absolute Gasteiger partial charge is 0.497 e. The lowest BCUT2D eigenvalue weighted by molar-refractivity contribution is -0.142. The zero-order chi connectivity index (χ0) is 22.9. The number of aromatic nitrogens is 4. The normalized spacial score (nSPS) is 10.7. The molecule has 1 amide bonds. The summed E-state index contributed by atoms with van der Waals surface area (Å²) in [6.07, 6.45) is 0.728. The van der Waals surface area contributed by atoms with Crippen molar-refractivity contribution in [1.82, 2.24) is 19.7 Å². The molecule has 2 heterocycles. The molecule has 0 aliphatic carbocycles. The Morgan fingerprint density at radius 3 is 2.66 bits per heavy atom. The van der Waals surface area contributed by atoms with Crippen molar-refractivity contribution < 1.29 is 19.1 Å². The van der Waals surface area contributed by atoms with Crippen molar-refractivity contribution in [2.45, 2.75) is 38.4 Å². The van der Waals surface area contributed by atoms with E-state index in [2.05, 4.69) is 20.5 Å². The topological polar surface area (TPSA) is 108 Å². The SMILES string of the molecule is CCOC(=O)Cc1csc(NC(=O)CSc2nnc(Cc3ccc(OC)cc3)n2CC)n1. The Bertz CT molecular complexity index is 1050. The molecule has 0 fully saturated rings. The highest BCUT2D eigenvalue weighted by Gasteiger charge is 2.15. The second-order valence-electron chi connectivity index (χ2n) is 6.63. The van der Waals surface area contributed by atoms with Crippen LogP contribution in [0.1, 0.15) is 30.9 Å². The zero-order valence-corrected chi connectivity index (χ0v) is 19.8. The summed E-state index contributed by atoms with van der Waals surface area (Å²) in [5.41, 5.74) is 1.68. The Morgan fingerprint density at radius 2 is 1.97 bits per heavy atom. The second-order valence-corrected chi connectivity index (χ2v) is 8.43. The molecule has 1 N–H and O–H groups in total. The van der Waals surface area contributed by atoms with Crippen molar-refractivity contribution in [1.29, 1.82) is 0 Å². The fraction of sp³-hybridized carbons (Fsp3) is 0.381.